The van der Waals surface area contributed by atoms with Crippen molar-refractivity contribution < 1.29 is 9.90 Å². The second-order valence-electron chi connectivity index (χ2n) is 5.50. The molecule has 2 aromatic carbocycles. The summed E-state index contributed by atoms with van der Waals surface area (Å²) in [7, 11) is 0. The average molecular weight is 294 g/mol. The van der Waals surface area contributed by atoms with E-state index in [9.17, 15) is 9.90 Å². The molecule has 0 bridgehead atoms. The number of amides is 1. The van der Waals surface area contributed by atoms with Crippen molar-refractivity contribution >= 4 is 29.4 Å². The lowest BCUT2D eigenvalue weighted by molar-refractivity contribution is -0.116. The first kappa shape index (κ1) is 14.2. The van der Waals surface area contributed by atoms with Crippen molar-refractivity contribution in [2.75, 3.05) is 10.6 Å². The number of hydrogen-bond donors (Lipinski definition) is 3. The summed E-state index contributed by atoms with van der Waals surface area (Å²) in [6.45, 7) is 1.99. The molecule has 0 unspecified atom stereocenters. The number of carbonyl (C=O) groups is 1. The minimum atomic E-state index is 0.0212. The number of carbonyl (C=O) groups excluding carboxylic acids is 1. The summed E-state index contributed by atoms with van der Waals surface area (Å²) in [6, 6.07) is 13.0. The van der Waals surface area contributed by atoms with E-state index in [1.807, 2.05) is 43.3 Å². The van der Waals surface area contributed by atoms with Crippen molar-refractivity contribution in [3.05, 3.63) is 53.6 Å². The van der Waals surface area contributed by atoms with Crippen molar-refractivity contribution in [3.63, 3.8) is 0 Å². The Hall–Kier alpha value is -2.75. The number of benzene rings is 2. The van der Waals surface area contributed by atoms with Crippen LogP contribution in [-0.2, 0) is 4.79 Å². The van der Waals surface area contributed by atoms with E-state index in [-0.39, 0.29) is 17.7 Å². The summed E-state index contributed by atoms with van der Waals surface area (Å²) in [4.78, 5) is 11.8. The summed E-state index contributed by atoms with van der Waals surface area (Å²) in [5.41, 5.74) is 3.64. The van der Waals surface area contributed by atoms with Gasteiger partial charge in [-0.05, 0) is 36.2 Å². The van der Waals surface area contributed by atoms with Crippen LogP contribution < -0.4 is 10.6 Å². The Balaban J connectivity index is 1.95. The van der Waals surface area contributed by atoms with Crippen molar-refractivity contribution in [3.8, 4) is 5.75 Å². The molecule has 1 amide bonds. The molecular formula is C18H18N2O2. The van der Waals surface area contributed by atoms with Gasteiger partial charge in [0.15, 0.2) is 0 Å². The van der Waals surface area contributed by atoms with Crippen LogP contribution in [0.2, 0.25) is 0 Å². The van der Waals surface area contributed by atoms with Gasteiger partial charge in [-0.3, -0.25) is 4.79 Å². The fraction of sp³-hybridized carbons (Fsp3) is 0.167. The standard InChI is InChI=1S/C18H18N2O2/c1-12-10-17(22)20-16-7-3-5-14(18(16)19-12)9-8-13-4-2-6-15(21)11-13/h2-9,11-12,19,21H,10H2,1H3,(H,20,22)/b9-8+/t12-/m1/s1. The summed E-state index contributed by atoms with van der Waals surface area (Å²) in [5, 5.41) is 15.8. The Morgan fingerprint density at radius 2 is 2.00 bits per heavy atom. The zero-order chi connectivity index (χ0) is 15.5. The third kappa shape index (κ3) is 3.11. The topological polar surface area (TPSA) is 61.4 Å². The van der Waals surface area contributed by atoms with E-state index in [0.29, 0.717) is 6.42 Å². The second-order valence-corrected chi connectivity index (χ2v) is 5.50. The summed E-state index contributed by atoms with van der Waals surface area (Å²) in [6.07, 6.45) is 4.36. The van der Waals surface area contributed by atoms with Crippen LogP contribution in [0.25, 0.3) is 12.2 Å². The predicted octanol–water partition coefficient (Wildman–Crippen LogP) is 3.71. The van der Waals surface area contributed by atoms with Gasteiger partial charge >= 0.3 is 0 Å². The molecule has 4 nitrogen and oxygen atoms in total. The highest BCUT2D eigenvalue weighted by Gasteiger charge is 2.18. The molecule has 1 heterocycles. The number of hydrogen-bond acceptors (Lipinski definition) is 3. The monoisotopic (exact) mass is 294 g/mol. The van der Waals surface area contributed by atoms with E-state index < -0.39 is 0 Å². The fourth-order valence-electron chi connectivity index (χ4n) is 2.57. The predicted molar refractivity (Wildman–Crippen MR) is 89.8 cm³/mol. The van der Waals surface area contributed by atoms with E-state index in [1.165, 1.54) is 0 Å². The molecule has 3 rings (SSSR count). The third-order valence-corrected chi connectivity index (χ3v) is 3.58. The number of fused-ring (bicyclic) bond motifs is 1. The molecule has 0 saturated carbocycles. The Labute approximate surface area is 129 Å². The van der Waals surface area contributed by atoms with Gasteiger partial charge in [-0.25, -0.2) is 0 Å². The van der Waals surface area contributed by atoms with Gasteiger partial charge in [0.2, 0.25) is 5.91 Å². The number of rotatable bonds is 2. The maximum atomic E-state index is 11.8. The van der Waals surface area contributed by atoms with Gasteiger partial charge in [-0.1, -0.05) is 36.4 Å². The van der Waals surface area contributed by atoms with Gasteiger partial charge in [0, 0.05) is 12.5 Å². The highest BCUT2D eigenvalue weighted by atomic mass is 16.3. The van der Waals surface area contributed by atoms with E-state index in [2.05, 4.69) is 10.6 Å². The average Bonchev–Trinajstić information content (AvgIpc) is 2.62. The summed E-state index contributed by atoms with van der Waals surface area (Å²) >= 11 is 0. The lowest BCUT2D eigenvalue weighted by Gasteiger charge is -2.14. The lowest BCUT2D eigenvalue weighted by Crippen LogP contribution is -2.19. The maximum absolute atomic E-state index is 11.8. The van der Waals surface area contributed by atoms with Gasteiger partial charge in [0.05, 0.1) is 11.4 Å². The first-order chi connectivity index (χ1) is 10.6. The molecule has 0 fully saturated rings. The molecule has 1 atom stereocenters. The smallest absolute Gasteiger partial charge is 0.226 e. The Kier molecular flexibility index (Phi) is 3.83. The molecule has 1 aliphatic heterocycles. The molecule has 22 heavy (non-hydrogen) atoms. The van der Waals surface area contributed by atoms with Crippen LogP contribution in [0.3, 0.4) is 0 Å². The number of nitrogens with one attached hydrogen (secondary N) is 2. The minimum Gasteiger partial charge on any atom is -0.508 e. The van der Waals surface area contributed by atoms with Crippen LogP contribution in [-0.4, -0.2) is 17.1 Å². The van der Waals surface area contributed by atoms with Gasteiger partial charge in [0.1, 0.15) is 5.75 Å². The number of anilines is 2. The van der Waals surface area contributed by atoms with Crippen LogP contribution in [0.15, 0.2) is 42.5 Å². The van der Waals surface area contributed by atoms with Crippen molar-refractivity contribution in [1.29, 1.82) is 0 Å². The zero-order valence-corrected chi connectivity index (χ0v) is 12.3. The molecule has 0 saturated heterocycles. The molecule has 0 radical (unpaired) electrons. The van der Waals surface area contributed by atoms with Crippen molar-refractivity contribution in [2.24, 2.45) is 0 Å². The number of aromatic hydroxyl groups is 1. The van der Waals surface area contributed by atoms with Crippen LogP contribution in [0, 0.1) is 0 Å². The highest BCUT2D eigenvalue weighted by molar-refractivity contribution is 5.98. The highest BCUT2D eigenvalue weighted by Crippen LogP contribution is 2.31. The Bertz CT molecular complexity index is 738. The van der Waals surface area contributed by atoms with Crippen molar-refractivity contribution in [2.45, 2.75) is 19.4 Å². The molecule has 4 heteroatoms. The molecular weight excluding hydrogens is 276 g/mol. The van der Waals surface area contributed by atoms with Crippen LogP contribution in [0.5, 0.6) is 5.75 Å². The van der Waals surface area contributed by atoms with Crippen molar-refractivity contribution in [1.82, 2.24) is 0 Å². The molecule has 0 aromatic heterocycles. The zero-order valence-electron chi connectivity index (χ0n) is 12.3. The van der Waals surface area contributed by atoms with Gasteiger partial charge < -0.3 is 15.7 Å². The summed E-state index contributed by atoms with van der Waals surface area (Å²) in [5.74, 6) is 0.265. The first-order valence-corrected chi connectivity index (χ1v) is 7.28. The molecule has 2 aromatic rings. The Morgan fingerprint density at radius 3 is 2.82 bits per heavy atom. The lowest BCUT2D eigenvalue weighted by atomic mass is 10.1. The number of phenols is 1. The molecule has 112 valence electrons. The van der Waals surface area contributed by atoms with Crippen LogP contribution >= 0.6 is 0 Å². The second kappa shape index (κ2) is 5.93. The first-order valence-electron chi connectivity index (χ1n) is 7.28. The van der Waals surface area contributed by atoms with Crippen LogP contribution in [0.4, 0.5) is 11.4 Å². The number of para-hydroxylation sites is 1. The van der Waals surface area contributed by atoms with E-state index in [1.54, 1.807) is 18.2 Å². The third-order valence-electron chi connectivity index (χ3n) is 3.58. The van der Waals surface area contributed by atoms with E-state index in [0.717, 1.165) is 22.5 Å². The SMILES string of the molecule is C[C@@H]1CC(=O)Nc2cccc(/C=C/c3cccc(O)c3)c2N1. The largest absolute Gasteiger partial charge is 0.508 e. The van der Waals surface area contributed by atoms with E-state index >= 15 is 0 Å². The van der Waals surface area contributed by atoms with Crippen LogP contribution in [0.1, 0.15) is 24.5 Å². The fourth-order valence-corrected chi connectivity index (χ4v) is 2.57. The number of phenolic OH excluding ortho intramolecular Hbond substituents is 1. The maximum Gasteiger partial charge on any atom is 0.226 e. The van der Waals surface area contributed by atoms with E-state index in [4.69, 9.17) is 0 Å². The molecule has 3 N–H and O–H groups in total. The van der Waals surface area contributed by atoms with Gasteiger partial charge in [-0.15, -0.1) is 0 Å². The molecule has 1 aliphatic rings. The van der Waals surface area contributed by atoms with Gasteiger partial charge in [-0.2, -0.15) is 0 Å². The Morgan fingerprint density at radius 1 is 1.18 bits per heavy atom. The minimum absolute atomic E-state index is 0.0212. The van der Waals surface area contributed by atoms with Gasteiger partial charge in [0.25, 0.3) is 0 Å². The molecule has 0 aliphatic carbocycles. The summed E-state index contributed by atoms with van der Waals surface area (Å²) < 4.78 is 0. The normalized spacial score (nSPS) is 17.5. The quantitative estimate of drug-likeness (QED) is 0.740. The molecule has 0 spiro atoms.